The molecule has 2 amide bonds. The van der Waals surface area contributed by atoms with Crippen molar-refractivity contribution in [3.63, 3.8) is 0 Å². The van der Waals surface area contributed by atoms with Crippen LogP contribution in [0, 0.1) is 23.7 Å². The van der Waals surface area contributed by atoms with Gasteiger partial charge in [0, 0.05) is 11.6 Å². The van der Waals surface area contributed by atoms with Crippen LogP contribution >= 0.6 is 23.2 Å². The molecule has 0 spiro atoms. The molecule has 1 aromatic carbocycles. The molecule has 1 saturated heterocycles. The van der Waals surface area contributed by atoms with E-state index >= 15 is 0 Å². The molecule has 4 nitrogen and oxygen atoms in total. The summed E-state index contributed by atoms with van der Waals surface area (Å²) in [5, 5.41) is 1.28. The van der Waals surface area contributed by atoms with Crippen molar-refractivity contribution in [2.45, 2.75) is 6.42 Å². The van der Waals surface area contributed by atoms with Gasteiger partial charge in [0.2, 0.25) is 11.8 Å². The number of fused-ring (bicyclic) bond motifs is 6. The Bertz CT molecular complexity index is 925. The topological polar surface area (TPSA) is 50.3 Å². The summed E-state index contributed by atoms with van der Waals surface area (Å²) in [6.45, 7) is 0. The fourth-order valence-electron chi connectivity index (χ4n) is 4.49. The molecule has 2 fully saturated rings. The standard InChI is InChI=1S/C18H12Cl2N2O2/c19-11-7-12(10-2-1-5-21-16(10)15(11)20)22-17(23)13-8-3-4-9(6-8)14(13)18(22)24/h1-5,7-9,13-14H,6H2/t8-,9+,13?,14?. The number of carbonyl (C=O) groups is 2. The van der Waals surface area contributed by atoms with Gasteiger partial charge in [0.25, 0.3) is 0 Å². The third-order valence-electron chi connectivity index (χ3n) is 5.48. The van der Waals surface area contributed by atoms with E-state index in [2.05, 4.69) is 17.1 Å². The molecule has 2 heterocycles. The second-order valence-corrected chi connectivity index (χ2v) is 7.39. The molecular weight excluding hydrogens is 347 g/mol. The largest absolute Gasteiger partial charge is 0.274 e. The van der Waals surface area contributed by atoms with E-state index in [9.17, 15) is 9.59 Å². The van der Waals surface area contributed by atoms with Crippen LogP contribution in [0.4, 0.5) is 5.69 Å². The Morgan fingerprint density at radius 1 is 1.08 bits per heavy atom. The molecule has 2 aliphatic carbocycles. The van der Waals surface area contributed by atoms with E-state index in [-0.39, 0.29) is 40.5 Å². The zero-order valence-corrected chi connectivity index (χ0v) is 14.0. The van der Waals surface area contributed by atoms with Crippen molar-refractivity contribution in [1.29, 1.82) is 0 Å². The van der Waals surface area contributed by atoms with Crippen LogP contribution in [-0.2, 0) is 9.59 Å². The Balaban J connectivity index is 1.71. The molecule has 2 aromatic rings. The number of rotatable bonds is 1. The lowest BCUT2D eigenvalue weighted by molar-refractivity contribution is -0.123. The van der Waals surface area contributed by atoms with Gasteiger partial charge in [0.15, 0.2) is 0 Å². The first-order valence-electron chi connectivity index (χ1n) is 7.87. The van der Waals surface area contributed by atoms with Crippen molar-refractivity contribution in [1.82, 2.24) is 4.98 Å². The van der Waals surface area contributed by atoms with E-state index < -0.39 is 0 Å². The molecule has 0 N–H and O–H groups in total. The zero-order valence-electron chi connectivity index (χ0n) is 12.4. The normalized spacial score (nSPS) is 30.7. The van der Waals surface area contributed by atoms with E-state index in [1.165, 1.54) is 4.90 Å². The van der Waals surface area contributed by atoms with Crippen LogP contribution in [-0.4, -0.2) is 16.8 Å². The molecule has 1 aliphatic heterocycles. The maximum Gasteiger partial charge on any atom is 0.238 e. The number of pyridine rings is 1. The fraction of sp³-hybridized carbons (Fsp3) is 0.278. The summed E-state index contributed by atoms with van der Waals surface area (Å²) < 4.78 is 0. The van der Waals surface area contributed by atoms with Gasteiger partial charge in [-0.05, 0) is 36.5 Å². The van der Waals surface area contributed by atoms with Gasteiger partial charge in [0.05, 0.1) is 33.1 Å². The summed E-state index contributed by atoms with van der Waals surface area (Å²) in [7, 11) is 0. The smallest absolute Gasteiger partial charge is 0.238 e. The lowest BCUT2D eigenvalue weighted by Gasteiger charge is -2.20. The molecule has 2 bridgehead atoms. The number of imide groups is 1. The van der Waals surface area contributed by atoms with Gasteiger partial charge in [-0.1, -0.05) is 35.4 Å². The molecule has 6 heteroatoms. The van der Waals surface area contributed by atoms with Crippen LogP contribution in [0.3, 0.4) is 0 Å². The summed E-state index contributed by atoms with van der Waals surface area (Å²) in [6, 6.07) is 5.16. The number of aromatic nitrogens is 1. The molecule has 4 atom stereocenters. The minimum absolute atomic E-state index is 0.134. The van der Waals surface area contributed by atoms with Crippen LogP contribution in [0.2, 0.25) is 10.0 Å². The minimum Gasteiger partial charge on any atom is -0.274 e. The number of hydrogen-bond donors (Lipinski definition) is 0. The molecule has 5 rings (SSSR count). The third kappa shape index (κ3) is 1.68. The average Bonchev–Trinajstić information content (AvgIpc) is 3.26. The quantitative estimate of drug-likeness (QED) is 0.574. The highest BCUT2D eigenvalue weighted by Crippen LogP contribution is 2.54. The van der Waals surface area contributed by atoms with Gasteiger partial charge in [-0.15, -0.1) is 0 Å². The van der Waals surface area contributed by atoms with Crippen LogP contribution < -0.4 is 4.90 Å². The van der Waals surface area contributed by atoms with Gasteiger partial charge in [-0.2, -0.15) is 0 Å². The Morgan fingerprint density at radius 2 is 1.75 bits per heavy atom. The number of benzene rings is 1. The Labute approximate surface area is 148 Å². The molecule has 2 unspecified atom stereocenters. The Kier molecular flexibility index (Phi) is 2.89. The summed E-state index contributed by atoms with van der Waals surface area (Å²) in [4.78, 5) is 31.6. The van der Waals surface area contributed by atoms with Crippen molar-refractivity contribution < 1.29 is 9.59 Å². The first kappa shape index (κ1) is 14.4. The van der Waals surface area contributed by atoms with Gasteiger partial charge >= 0.3 is 0 Å². The number of carbonyl (C=O) groups excluding carboxylic acids is 2. The van der Waals surface area contributed by atoms with Crippen LogP contribution in [0.25, 0.3) is 10.9 Å². The molecule has 0 radical (unpaired) electrons. The third-order valence-corrected chi connectivity index (χ3v) is 6.25. The minimum atomic E-state index is -0.242. The van der Waals surface area contributed by atoms with Crippen molar-refractivity contribution >= 4 is 51.6 Å². The highest BCUT2D eigenvalue weighted by molar-refractivity contribution is 6.46. The van der Waals surface area contributed by atoms with E-state index in [4.69, 9.17) is 23.2 Å². The number of nitrogens with zero attached hydrogens (tertiary/aromatic N) is 2. The predicted molar refractivity (Wildman–Crippen MR) is 92.0 cm³/mol. The number of allylic oxidation sites excluding steroid dienone is 2. The second-order valence-electron chi connectivity index (χ2n) is 6.60. The van der Waals surface area contributed by atoms with Gasteiger partial charge in [-0.3, -0.25) is 14.6 Å². The van der Waals surface area contributed by atoms with Crippen molar-refractivity contribution in [2.75, 3.05) is 4.90 Å². The van der Waals surface area contributed by atoms with E-state index in [1.807, 2.05) is 0 Å². The number of anilines is 1. The molecule has 1 saturated carbocycles. The predicted octanol–water partition coefficient (Wildman–Crippen LogP) is 3.85. The first-order valence-corrected chi connectivity index (χ1v) is 8.62. The highest BCUT2D eigenvalue weighted by atomic mass is 35.5. The second kappa shape index (κ2) is 4.80. The Morgan fingerprint density at radius 3 is 2.42 bits per heavy atom. The van der Waals surface area contributed by atoms with E-state index in [0.29, 0.717) is 21.6 Å². The average molecular weight is 359 g/mol. The van der Waals surface area contributed by atoms with Crippen molar-refractivity contribution in [2.24, 2.45) is 23.7 Å². The SMILES string of the molecule is O=C1C2C(C(=O)N1c1cc(Cl)c(Cl)c3ncccc13)[C@H]1C=C[C@@H]2C1. The summed E-state index contributed by atoms with van der Waals surface area (Å²) in [6.07, 6.45) is 6.68. The maximum absolute atomic E-state index is 13.0. The maximum atomic E-state index is 13.0. The fourth-order valence-corrected chi connectivity index (χ4v) is 4.88. The van der Waals surface area contributed by atoms with Crippen LogP contribution in [0.5, 0.6) is 0 Å². The monoisotopic (exact) mass is 358 g/mol. The van der Waals surface area contributed by atoms with Gasteiger partial charge < -0.3 is 0 Å². The van der Waals surface area contributed by atoms with Crippen molar-refractivity contribution in [3.8, 4) is 0 Å². The molecule has 1 aromatic heterocycles. The van der Waals surface area contributed by atoms with Gasteiger partial charge in [0.1, 0.15) is 0 Å². The van der Waals surface area contributed by atoms with Gasteiger partial charge in [-0.25, -0.2) is 4.90 Å². The van der Waals surface area contributed by atoms with Crippen molar-refractivity contribution in [3.05, 3.63) is 46.6 Å². The summed E-state index contributed by atoms with van der Waals surface area (Å²) in [5.41, 5.74) is 0.983. The van der Waals surface area contributed by atoms with E-state index in [1.54, 1.807) is 24.4 Å². The van der Waals surface area contributed by atoms with Crippen LogP contribution in [0.15, 0.2) is 36.5 Å². The zero-order chi connectivity index (χ0) is 16.6. The number of halogens is 2. The Hall–Kier alpha value is -1.91. The molecule has 3 aliphatic rings. The highest BCUT2D eigenvalue weighted by Gasteiger charge is 2.59. The number of amides is 2. The van der Waals surface area contributed by atoms with Crippen LogP contribution in [0.1, 0.15) is 6.42 Å². The molecular formula is C18H12Cl2N2O2. The number of hydrogen-bond acceptors (Lipinski definition) is 3. The first-order chi connectivity index (χ1) is 11.6. The molecule has 120 valence electrons. The summed E-state index contributed by atoms with van der Waals surface area (Å²) >= 11 is 12.5. The lowest BCUT2D eigenvalue weighted by Crippen LogP contribution is -2.33. The lowest BCUT2D eigenvalue weighted by atomic mass is 9.85. The molecule has 24 heavy (non-hydrogen) atoms. The summed E-state index contributed by atoms with van der Waals surface area (Å²) in [5.74, 6) is -0.402. The van der Waals surface area contributed by atoms with E-state index in [0.717, 1.165) is 6.42 Å².